The average molecular weight is 937 g/mol. The zero-order valence-electron chi connectivity index (χ0n) is 34.2. The van der Waals surface area contributed by atoms with E-state index in [0.717, 1.165) is 58.0 Å². The maximum Gasteiger partial charge on any atom is 0.430 e. The molecule has 0 aliphatic heterocycles. The molecule has 4 rings (SSSR count). The molecule has 1 unspecified atom stereocenters. The molecule has 4 aromatic carbocycles. The van der Waals surface area contributed by atoms with Crippen LogP contribution in [0.1, 0.15) is 95.9 Å². The van der Waals surface area contributed by atoms with Crippen molar-refractivity contribution in [2.45, 2.75) is 82.5 Å². The quantitative estimate of drug-likeness (QED) is 0.0602. The van der Waals surface area contributed by atoms with Gasteiger partial charge in [0.1, 0.15) is 0 Å². The molecular weight excluding hydrogens is 900 g/mol. The summed E-state index contributed by atoms with van der Waals surface area (Å²) in [6, 6.07) is 6.28. The molecule has 0 aliphatic carbocycles. The van der Waals surface area contributed by atoms with Crippen LogP contribution in [0.15, 0.2) is 73.3 Å². The lowest BCUT2D eigenvalue weighted by molar-refractivity contribution is -0.376. The number of nitrogens with one attached hydrogen (secondary N) is 2. The lowest BCUT2D eigenvalue weighted by Gasteiger charge is -2.36. The van der Waals surface area contributed by atoms with Crippen molar-refractivity contribution in [1.82, 2.24) is 5.32 Å². The van der Waals surface area contributed by atoms with Crippen LogP contribution in [-0.4, -0.2) is 74.9 Å². The van der Waals surface area contributed by atoms with E-state index < -0.39 is 127 Å². The lowest BCUT2D eigenvalue weighted by atomic mass is 9.79. The van der Waals surface area contributed by atoms with Gasteiger partial charge in [-0.1, -0.05) is 38.1 Å². The summed E-state index contributed by atoms with van der Waals surface area (Å²) in [5.41, 5.74) is -23.6. The van der Waals surface area contributed by atoms with Crippen LogP contribution in [0.4, 0.5) is 58.4 Å². The Morgan fingerprint density at radius 3 is 1.34 bits per heavy atom. The van der Waals surface area contributed by atoms with Gasteiger partial charge in [-0.2, -0.15) is 52.7 Å². The van der Waals surface area contributed by atoms with Crippen molar-refractivity contribution < 1.29 is 92.3 Å². The maximum atomic E-state index is 14.6. The monoisotopic (exact) mass is 936 g/mol. The maximum absolute atomic E-state index is 14.6. The van der Waals surface area contributed by atoms with Crippen LogP contribution >= 0.6 is 0 Å². The third-order valence-electron chi connectivity index (χ3n) is 10.4. The molecule has 2 amide bonds. The number of aryl methyl sites for hydroxylation is 2. The minimum Gasteiger partial charge on any atom is -0.478 e. The number of hydrogen-bond acceptors (Lipinski definition) is 6. The number of carboxylic acid groups (broad SMARTS) is 2. The third-order valence-corrected chi connectivity index (χ3v) is 10.4. The Morgan fingerprint density at radius 2 is 0.954 bits per heavy atom. The number of anilines is 1. The summed E-state index contributed by atoms with van der Waals surface area (Å²) in [5, 5.41) is 45.1. The Kier molecular flexibility index (Phi) is 13.8. The molecule has 0 heterocycles. The van der Waals surface area contributed by atoms with Gasteiger partial charge in [-0.25, -0.2) is 9.59 Å². The van der Waals surface area contributed by atoms with Crippen molar-refractivity contribution in [3.63, 3.8) is 0 Å². The van der Waals surface area contributed by atoms with E-state index in [4.69, 9.17) is 0 Å². The van der Waals surface area contributed by atoms with Gasteiger partial charge in [-0.15, -0.1) is 6.58 Å². The molecule has 22 heteroatoms. The zero-order chi connectivity index (χ0) is 49.7. The van der Waals surface area contributed by atoms with Gasteiger partial charge in [-0.3, -0.25) is 9.59 Å². The van der Waals surface area contributed by atoms with E-state index in [1.807, 2.05) is 0 Å². The number of rotatable bonds is 12. The first-order valence-corrected chi connectivity index (χ1v) is 18.6. The normalized spacial score (nSPS) is 13.4. The second-order valence-corrected chi connectivity index (χ2v) is 15.1. The van der Waals surface area contributed by atoms with Crippen LogP contribution < -0.4 is 10.6 Å². The number of benzene rings is 4. The molecule has 0 spiro atoms. The van der Waals surface area contributed by atoms with Gasteiger partial charge in [0, 0.05) is 22.9 Å². The SMILES string of the molecule is C=CC(C)NC(=O)c1ccc(-c2ccc(C(=O)Nc3cc(C)c(-c4cc(C(O)(C(F)(F)F)C(F)(F)F)c(C(C)C)cc4C)cc3C(O)(C(F)(F)F)C(F)(F)F)c(C(=O)O)c2)cc1C(=O)O. The molecule has 0 radical (unpaired) electrons. The zero-order valence-corrected chi connectivity index (χ0v) is 34.2. The molecule has 0 aliphatic rings. The lowest BCUT2D eigenvalue weighted by Crippen LogP contribution is -2.54. The minimum absolute atomic E-state index is 0.0529. The van der Waals surface area contributed by atoms with Gasteiger partial charge in [-0.05, 0) is 108 Å². The Bertz CT molecular complexity index is 2550. The summed E-state index contributed by atoms with van der Waals surface area (Å²) in [7, 11) is 0. The van der Waals surface area contributed by atoms with Crippen molar-refractivity contribution in [2.75, 3.05) is 5.32 Å². The second kappa shape index (κ2) is 17.5. The van der Waals surface area contributed by atoms with E-state index in [1.165, 1.54) is 19.1 Å². The predicted molar refractivity (Wildman–Crippen MR) is 208 cm³/mol. The molecule has 350 valence electrons. The van der Waals surface area contributed by atoms with E-state index >= 15 is 0 Å². The number of carboxylic acids is 2. The van der Waals surface area contributed by atoms with E-state index in [-0.39, 0.29) is 34.4 Å². The van der Waals surface area contributed by atoms with Crippen molar-refractivity contribution in [1.29, 1.82) is 0 Å². The number of amides is 2. The molecule has 0 saturated heterocycles. The smallest absolute Gasteiger partial charge is 0.430 e. The van der Waals surface area contributed by atoms with E-state index in [9.17, 15) is 92.3 Å². The van der Waals surface area contributed by atoms with Gasteiger partial charge in [0.2, 0.25) is 0 Å². The fourth-order valence-corrected chi connectivity index (χ4v) is 6.88. The van der Waals surface area contributed by atoms with Crippen LogP contribution in [0, 0.1) is 13.8 Å². The van der Waals surface area contributed by atoms with Gasteiger partial charge >= 0.3 is 36.6 Å². The summed E-state index contributed by atoms with van der Waals surface area (Å²) in [5.74, 6) is -7.25. The number of aromatic carboxylic acids is 2. The highest BCUT2D eigenvalue weighted by Gasteiger charge is 2.73. The molecule has 6 N–H and O–H groups in total. The van der Waals surface area contributed by atoms with Gasteiger partial charge in [0.05, 0.1) is 22.3 Å². The Labute approximate surface area is 360 Å². The van der Waals surface area contributed by atoms with Gasteiger partial charge < -0.3 is 31.1 Å². The largest absolute Gasteiger partial charge is 0.478 e. The molecule has 65 heavy (non-hydrogen) atoms. The fourth-order valence-electron chi connectivity index (χ4n) is 6.88. The summed E-state index contributed by atoms with van der Waals surface area (Å²) >= 11 is 0. The highest BCUT2D eigenvalue weighted by atomic mass is 19.4. The molecule has 0 bridgehead atoms. The molecule has 10 nitrogen and oxygen atoms in total. The van der Waals surface area contributed by atoms with Crippen LogP contribution in [-0.2, 0) is 11.2 Å². The summed E-state index contributed by atoms with van der Waals surface area (Å²) in [6.07, 6.45) is -25.0. The molecule has 0 fully saturated rings. The van der Waals surface area contributed by atoms with Crippen molar-refractivity contribution in [3.05, 3.63) is 123 Å². The average Bonchev–Trinajstić information content (AvgIpc) is 3.17. The predicted octanol–water partition coefficient (Wildman–Crippen LogP) is 10.3. The summed E-state index contributed by atoms with van der Waals surface area (Å²) in [4.78, 5) is 51.0. The van der Waals surface area contributed by atoms with Gasteiger partial charge in [0.25, 0.3) is 23.0 Å². The van der Waals surface area contributed by atoms with Gasteiger partial charge in [0.15, 0.2) is 0 Å². The first-order chi connectivity index (χ1) is 29.5. The molecule has 0 aromatic heterocycles. The standard InChI is InChI=1S/C43H36F12N2O8/c1-7-21(6)56-34(58)24-10-8-22(14-29(24)36(60)61)23-9-11-25(30(15-23)37(62)63)35(59)57-33-13-20(5)28(17-32(33)39(65,42(50,51)52)43(53,54)55)27-16-31(26(18(2)3)12-19(27)4)38(64,40(44,45)46)41(47,48)49/h7-18,21,64-65H,1H2,2-6H3,(H,56,58)(H,57,59)(H,60,61)(H,62,63). The van der Waals surface area contributed by atoms with Crippen LogP contribution in [0.25, 0.3) is 22.3 Å². The molecule has 0 saturated carbocycles. The van der Waals surface area contributed by atoms with Crippen molar-refractivity contribution in [2.24, 2.45) is 0 Å². The minimum atomic E-state index is -6.71. The van der Waals surface area contributed by atoms with Crippen LogP contribution in [0.3, 0.4) is 0 Å². The Morgan fingerprint density at radius 1 is 0.569 bits per heavy atom. The van der Waals surface area contributed by atoms with E-state index in [2.05, 4.69) is 11.9 Å². The van der Waals surface area contributed by atoms with Crippen LogP contribution in [0.5, 0.6) is 0 Å². The number of carbonyl (C=O) groups excluding carboxylic acids is 2. The van der Waals surface area contributed by atoms with E-state index in [1.54, 1.807) is 5.32 Å². The fraction of sp³-hybridized carbons (Fsp3) is 0.302. The second-order valence-electron chi connectivity index (χ2n) is 15.1. The summed E-state index contributed by atoms with van der Waals surface area (Å²) in [6.45, 7) is 9.27. The van der Waals surface area contributed by atoms with Crippen molar-refractivity contribution in [3.8, 4) is 22.3 Å². The molecular formula is C43H36F12N2O8. The topological polar surface area (TPSA) is 173 Å². The number of carbonyl (C=O) groups is 4. The first kappa shape index (κ1) is 51.2. The number of alkyl halides is 12. The number of hydrogen-bond donors (Lipinski definition) is 6. The molecule has 1 atom stereocenters. The third kappa shape index (κ3) is 9.40. The summed E-state index contributed by atoms with van der Waals surface area (Å²) < 4.78 is 172. The molecule has 4 aromatic rings. The Balaban J connectivity index is 1.99. The number of halogens is 12. The Hall–Kier alpha value is -6.42. The van der Waals surface area contributed by atoms with Crippen molar-refractivity contribution >= 4 is 29.4 Å². The number of aliphatic hydroxyl groups is 2. The van der Waals surface area contributed by atoms with Crippen LogP contribution in [0.2, 0.25) is 0 Å². The highest BCUT2D eigenvalue weighted by Crippen LogP contribution is 2.55. The highest BCUT2D eigenvalue weighted by molar-refractivity contribution is 6.12. The van der Waals surface area contributed by atoms with E-state index in [0.29, 0.717) is 12.1 Å². The first-order valence-electron chi connectivity index (χ1n) is 18.6.